The standard InChI is InChI=1S/C14H18NO2PS3/c1-4-18(16,19)17-13-12(20-21-14(13,2)3)11-7-5-10(9-15)6-8-11/h5-8,12-13H,4H2,1-3H3,(H,16,19)/t12?,13-,18?/m0/s1. The van der Waals surface area contributed by atoms with Gasteiger partial charge in [-0.2, -0.15) is 5.26 Å². The molecule has 3 atom stereocenters. The monoisotopic (exact) mass is 359 g/mol. The van der Waals surface area contributed by atoms with Crippen LogP contribution in [0, 0.1) is 11.3 Å². The zero-order chi connectivity index (χ0) is 15.7. The van der Waals surface area contributed by atoms with Gasteiger partial charge in [0.05, 0.1) is 23.0 Å². The van der Waals surface area contributed by atoms with Crippen LogP contribution in [0.2, 0.25) is 0 Å². The zero-order valence-corrected chi connectivity index (χ0v) is 15.5. The van der Waals surface area contributed by atoms with Gasteiger partial charge < -0.3 is 9.42 Å². The fourth-order valence-electron chi connectivity index (χ4n) is 2.05. The van der Waals surface area contributed by atoms with E-state index in [-0.39, 0.29) is 16.1 Å². The molecule has 0 aromatic heterocycles. The molecule has 1 heterocycles. The van der Waals surface area contributed by atoms with Crippen molar-refractivity contribution in [2.45, 2.75) is 36.9 Å². The Morgan fingerprint density at radius 1 is 1.43 bits per heavy atom. The summed E-state index contributed by atoms with van der Waals surface area (Å²) in [4.78, 5) is 10.2. The topological polar surface area (TPSA) is 53.2 Å². The molecule has 1 saturated heterocycles. The average molecular weight is 359 g/mol. The Labute approximate surface area is 139 Å². The molecule has 21 heavy (non-hydrogen) atoms. The van der Waals surface area contributed by atoms with Crippen LogP contribution in [0.3, 0.4) is 0 Å². The fraction of sp³-hybridized carbons (Fsp3) is 0.500. The molecular weight excluding hydrogens is 341 g/mol. The van der Waals surface area contributed by atoms with E-state index in [0.717, 1.165) is 5.56 Å². The SMILES string of the molecule is CCP(O)(=S)O[C@H]1C(c2ccc(C#N)cc2)SSC1(C)C. The van der Waals surface area contributed by atoms with Crippen molar-refractivity contribution in [2.75, 3.05) is 6.16 Å². The third-order valence-electron chi connectivity index (χ3n) is 3.37. The van der Waals surface area contributed by atoms with E-state index in [1.807, 2.05) is 31.2 Å². The number of rotatable bonds is 4. The van der Waals surface area contributed by atoms with Crippen LogP contribution < -0.4 is 0 Å². The maximum atomic E-state index is 10.2. The molecule has 1 aromatic rings. The molecule has 2 rings (SSSR count). The summed E-state index contributed by atoms with van der Waals surface area (Å²) in [7, 11) is 3.50. The summed E-state index contributed by atoms with van der Waals surface area (Å²) in [6, 6.07) is 9.68. The molecule has 0 amide bonds. The number of nitrogens with zero attached hydrogens (tertiary/aromatic N) is 1. The van der Waals surface area contributed by atoms with Gasteiger partial charge in [-0.3, -0.25) is 0 Å². The maximum Gasteiger partial charge on any atom is 0.186 e. The van der Waals surface area contributed by atoms with Gasteiger partial charge in [0.15, 0.2) is 6.49 Å². The molecule has 1 N–H and O–H groups in total. The average Bonchev–Trinajstić information content (AvgIpc) is 2.74. The van der Waals surface area contributed by atoms with E-state index in [4.69, 9.17) is 21.6 Å². The molecule has 114 valence electrons. The Balaban J connectivity index is 2.29. The summed E-state index contributed by atoms with van der Waals surface area (Å²) in [6.07, 6.45) is 0.334. The molecular formula is C14H18NO2PS3. The number of nitriles is 1. The second-order valence-corrected chi connectivity index (χ2v) is 12.2. The number of hydrogen-bond donors (Lipinski definition) is 1. The van der Waals surface area contributed by atoms with E-state index >= 15 is 0 Å². The van der Waals surface area contributed by atoms with E-state index in [1.54, 1.807) is 21.6 Å². The summed E-state index contributed by atoms with van der Waals surface area (Å²) < 4.78 is 5.84. The molecule has 2 unspecified atom stereocenters. The van der Waals surface area contributed by atoms with Crippen molar-refractivity contribution in [3.63, 3.8) is 0 Å². The van der Waals surface area contributed by atoms with Gasteiger partial charge in [0.25, 0.3) is 0 Å². The highest BCUT2D eigenvalue weighted by molar-refractivity contribution is 8.77. The molecule has 0 radical (unpaired) electrons. The molecule has 7 heteroatoms. The van der Waals surface area contributed by atoms with Crippen molar-refractivity contribution < 1.29 is 9.42 Å². The van der Waals surface area contributed by atoms with Crippen LogP contribution in [0.1, 0.15) is 37.1 Å². The van der Waals surface area contributed by atoms with Crippen LogP contribution in [-0.2, 0) is 16.3 Å². The van der Waals surface area contributed by atoms with Crippen molar-refractivity contribution in [1.82, 2.24) is 0 Å². The van der Waals surface area contributed by atoms with E-state index in [2.05, 4.69) is 19.9 Å². The van der Waals surface area contributed by atoms with Crippen LogP contribution in [-0.4, -0.2) is 21.9 Å². The molecule has 1 aromatic carbocycles. The van der Waals surface area contributed by atoms with Crippen LogP contribution >= 0.6 is 28.1 Å². The molecule has 0 saturated carbocycles. The summed E-state index contributed by atoms with van der Waals surface area (Å²) in [6.45, 7) is 3.37. The molecule has 1 fully saturated rings. The van der Waals surface area contributed by atoms with Crippen molar-refractivity contribution in [3.05, 3.63) is 35.4 Å². The van der Waals surface area contributed by atoms with Gasteiger partial charge in [-0.1, -0.05) is 40.6 Å². The lowest BCUT2D eigenvalue weighted by Crippen LogP contribution is -2.33. The fourth-order valence-corrected chi connectivity index (χ4v) is 6.83. The van der Waals surface area contributed by atoms with Gasteiger partial charge in [0, 0.05) is 10.9 Å². The first-order valence-corrected chi connectivity index (χ1v) is 11.7. The van der Waals surface area contributed by atoms with E-state index < -0.39 is 6.49 Å². The Hall–Kier alpha value is -0.0200. The Morgan fingerprint density at radius 2 is 2.05 bits per heavy atom. The van der Waals surface area contributed by atoms with Crippen LogP contribution in [0.5, 0.6) is 0 Å². The molecule has 0 bridgehead atoms. The number of benzene rings is 1. The summed E-state index contributed by atoms with van der Waals surface area (Å²) in [5.74, 6) is 0. The predicted molar refractivity (Wildman–Crippen MR) is 95.1 cm³/mol. The maximum absolute atomic E-state index is 10.2. The highest BCUT2D eigenvalue weighted by Crippen LogP contribution is 2.62. The van der Waals surface area contributed by atoms with Gasteiger partial charge in [-0.25, -0.2) is 0 Å². The minimum absolute atomic E-state index is 0.110. The molecule has 3 nitrogen and oxygen atoms in total. The first kappa shape index (κ1) is 17.3. The second kappa shape index (κ2) is 6.62. The third-order valence-corrected chi connectivity index (χ3v) is 9.45. The highest BCUT2D eigenvalue weighted by Gasteiger charge is 2.47. The predicted octanol–water partition coefficient (Wildman–Crippen LogP) is 4.48. The Bertz CT molecular complexity index is 597. The summed E-state index contributed by atoms with van der Waals surface area (Å²) >= 11 is 5.21. The molecule has 1 aliphatic rings. The lowest BCUT2D eigenvalue weighted by Gasteiger charge is -2.31. The van der Waals surface area contributed by atoms with Gasteiger partial charge in [-0.15, -0.1) is 0 Å². The zero-order valence-electron chi connectivity index (χ0n) is 12.1. The first-order chi connectivity index (χ1) is 9.79. The quantitative estimate of drug-likeness (QED) is 0.632. The Morgan fingerprint density at radius 3 is 2.57 bits per heavy atom. The van der Waals surface area contributed by atoms with Gasteiger partial charge in [0.1, 0.15) is 0 Å². The lowest BCUT2D eigenvalue weighted by molar-refractivity contribution is 0.169. The summed E-state index contributed by atoms with van der Waals surface area (Å²) in [5, 5.41) is 9.00. The third kappa shape index (κ3) is 4.04. The van der Waals surface area contributed by atoms with E-state index in [9.17, 15) is 4.89 Å². The van der Waals surface area contributed by atoms with Crippen molar-refractivity contribution in [3.8, 4) is 6.07 Å². The highest BCUT2D eigenvalue weighted by atomic mass is 33.1. The van der Waals surface area contributed by atoms with Crippen molar-refractivity contribution in [2.24, 2.45) is 0 Å². The van der Waals surface area contributed by atoms with E-state index in [0.29, 0.717) is 11.7 Å². The minimum atomic E-state index is -2.72. The van der Waals surface area contributed by atoms with Crippen LogP contribution in [0.4, 0.5) is 0 Å². The molecule has 1 aliphatic heterocycles. The number of hydrogen-bond acceptors (Lipinski definition) is 5. The normalized spacial score (nSPS) is 27.0. The van der Waals surface area contributed by atoms with Crippen molar-refractivity contribution in [1.29, 1.82) is 5.26 Å². The lowest BCUT2D eigenvalue weighted by atomic mass is 9.97. The molecule has 0 spiro atoms. The smallest absolute Gasteiger partial charge is 0.186 e. The largest absolute Gasteiger partial charge is 0.345 e. The van der Waals surface area contributed by atoms with Gasteiger partial charge >= 0.3 is 0 Å². The van der Waals surface area contributed by atoms with Crippen LogP contribution in [0.15, 0.2) is 24.3 Å². The Kier molecular flexibility index (Phi) is 5.46. The summed E-state index contributed by atoms with van der Waals surface area (Å²) in [5.41, 5.74) is 1.75. The minimum Gasteiger partial charge on any atom is -0.345 e. The van der Waals surface area contributed by atoms with Gasteiger partial charge in [-0.05, 0) is 43.4 Å². The second-order valence-electron chi connectivity index (χ2n) is 5.42. The first-order valence-electron chi connectivity index (χ1n) is 6.64. The van der Waals surface area contributed by atoms with Gasteiger partial charge in [0.2, 0.25) is 0 Å². The van der Waals surface area contributed by atoms with Crippen molar-refractivity contribution >= 4 is 39.9 Å². The molecule has 0 aliphatic carbocycles. The van der Waals surface area contributed by atoms with E-state index in [1.165, 1.54) is 0 Å². The van der Waals surface area contributed by atoms with Crippen LogP contribution in [0.25, 0.3) is 0 Å².